The summed E-state index contributed by atoms with van der Waals surface area (Å²) in [6.07, 6.45) is 5.06. The lowest BCUT2D eigenvalue weighted by Crippen LogP contribution is -2.40. The maximum Gasteiger partial charge on any atom is 0.255 e. The fourth-order valence-corrected chi connectivity index (χ4v) is 4.55. The lowest BCUT2D eigenvalue weighted by Gasteiger charge is -2.26. The van der Waals surface area contributed by atoms with Crippen LogP contribution in [0.15, 0.2) is 59.9 Å². The van der Waals surface area contributed by atoms with E-state index in [0.717, 1.165) is 5.82 Å². The van der Waals surface area contributed by atoms with Crippen LogP contribution in [0.4, 0.5) is 5.69 Å². The second kappa shape index (κ2) is 8.34. The number of pyridine rings is 1. The Kier molecular flexibility index (Phi) is 5.62. The quantitative estimate of drug-likeness (QED) is 0.666. The molecule has 156 valence electrons. The Morgan fingerprint density at radius 3 is 2.40 bits per heavy atom. The van der Waals surface area contributed by atoms with Gasteiger partial charge in [0, 0.05) is 31.0 Å². The summed E-state index contributed by atoms with van der Waals surface area (Å²) in [5, 5.41) is 2.76. The molecule has 1 fully saturated rings. The van der Waals surface area contributed by atoms with Crippen molar-refractivity contribution >= 4 is 21.6 Å². The van der Waals surface area contributed by atoms with Crippen LogP contribution in [0.1, 0.15) is 16.2 Å². The molecule has 10 heteroatoms. The van der Waals surface area contributed by atoms with Gasteiger partial charge >= 0.3 is 0 Å². The Bertz CT molecular complexity index is 1130. The van der Waals surface area contributed by atoms with Crippen molar-refractivity contribution in [2.45, 2.75) is 11.8 Å². The average Bonchev–Trinajstić information content (AvgIpc) is 3.21. The number of aromatic nitrogens is 3. The minimum absolute atomic E-state index is 0.155. The van der Waals surface area contributed by atoms with Crippen LogP contribution >= 0.6 is 0 Å². The van der Waals surface area contributed by atoms with E-state index in [1.165, 1.54) is 28.6 Å². The van der Waals surface area contributed by atoms with Gasteiger partial charge in [0.15, 0.2) is 0 Å². The molecule has 1 aromatic carbocycles. The summed E-state index contributed by atoms with van der Waals surface area (Å²) in [5.74, 6) is 1.16. The molecular weight excluding hydrogens is 406 g/mol. The molecule has 1 saturated heterocycles. The fraction of sp³-hybridized carbons (Fsp3) is 0.250. The molecule has 30 heavy (non-hydrogen) atoms. The van der Waals surface area contributed by atoms with Crippen molar-refractivity contribution in [3.63, 3.8) is 0 Å². The monoisotopic (exact) mass is 427 g/mol. The molecule has 3 aromatic rings. The number of carbonyl (C=O) groups is 1. The average molecular weight is 427 g/mol. The van der Waals surface area contributed by atoms with Gasteiger partial charge in [-0.2, -0.15) is 4.31 Å². The third-order valence-electron chi connectivity index (χ3n) is 4.80. The minimum atomic E-state index is -3.59. The van der Waals surface area contributed by atoms with Gasteiger partial charge in [-0.25, -0.2) is 18.4 Å². The lowest BCUT2D eigenvalue weighted by atomic mass is 10.2. The molecule has 0 spiro atoms. The Labute approximate surface area is 174 Å². The number of ether oxygens (including phenoxy) is 1. The van der Waals surface area contributed by atoms with Crippen molar-refractivity contribution in [1.82, 2.24) is 18.8 Å². The highest BCUT2D eigenvalue weighted by Crippen LogP contribution is 2.19. The molecule has 9 nitrogen and oxygen atoms in total. The number of morpholine rings is 1. The van der Waals surface area contributed by atoms with E-state index >= 15 is 0 Å². The maximum atomic E-state index is 12.7. The second-order valence-corrected chi connectivity index (χ2v) is 8.68. The van der Waals surface area contributed by atoms with Crippen molar-refractivity contribution in [2.75, 3.05) is 31.6 Å². The predicted molar refractivity (Wildman–Crippen MR) is 110 cm³/mol. The van der Waals surface area contributed by atoms with E-state index in [-0.39, 0.29) is 10.8 Å². The van der Waals surface area contributed by atoms with Gasteiger partial charge < -0.3 is 10.1 Å². The molecule has 0 saturated carbocycles. The van der Waals surface area contributed by atoms with Crippen LogP contribution in [0.2, 0.25) is 0 Å². The van der Waals surface area contributed by atoms with Crippen molar-refractivity contribution in [2.24, 2.45) is 0 Å². The molecule has 1 aliphatic rings. The first kappa shape index (κ1) is 20.2. The lowest BCUT2D eigenvalue weighted by molar-refractivity contribution is 0.0730. The zero-order chi connectivity index (χ0) is 21.1. The van der Waals surface area contributed by atoms with Crippen molar-refractivity contribution in [3.05, 3.63) is 66.4 Å². The molecule has 3 heterocycles. The molecule has 4 rings (SSSR count). The first-order chi connectivity index (χ1) is 14.4. The Morgan fingerprint density at radius 2 is 1.80 bits per heavy atom. The molecule has 0 radical (unpaired) electrons. The molecule has 2 aromatic heterocycles. The number of hydrogen-bond acceptors (Lipinski definition) is 6. The number of hydrogen-bond donors (Lipinski definition) is 1. The van der Waals surface area contributed by atoms with Crippen LogP contribution < -0.4 is 5.32 Å². The van der Waals surface area contributed by atoms with Crippen LogP contribution in [-0.2, 0) is 14.8 Å². The van der Waals surface area contributed by atoms with E-state index in [2.05, 4.69) is 15.3 Å². The van der Waals surface area contributed by atoms with Crippen molar-refractivity contribution in [3.8, 4) is 5.82 Å². The smallest absolute Gasteiger partial charge is 0.255 e. The maximum absolute atomic E-state index is 12.7. The number of nitrogens with one attached hydrogen (secondary N) is 1. The zero-order valence-electron chi connectivity index (χ0n) is 16.4. The highest BCUT2D eigenvalue weighted by molar-refractivity contribution is 7.89. The number of aryl methyl sites for hydroxylation is 1. The molecule has 1 amide bonds. The summed E-state index contributed by atoms with van der Waals surface area (Å²) >= 11 is 0. The number of carbonyl (C=O) groups excluding carboxylic acids is 1. The summed E-state index contributed by atoms with van der Waals surface area (Å²) < 4.78 is 33.8. The highest BCUT2D eigenvalue weighted by atomic mass is 32.2. The van der Waals surface area contributed by atoms with E-state index in [0.29, 0.717) is 43.4 Å². The highest BCUT2D eigenvalue weighted by Gasteiger charge is 2.26. The largest absolute Gasteiger partial charge is 0.379 e. The molecule has 0 atom stereocenters. The number of sulfonamides is 1. The fourth-order valence-electron chi connectivity index (χ4n) is 3.14. The summed E-state index contributed by atoms with van der Waals surface area (Å²) in [7, 11) is -3.59. The molecular formula is C20H21N5O4S. The summed E-state index contributed by atoms with van der Waals surface area (Å²) in [5.41, 5.74) is 0.886. The van der Waals surface area contributed by atoms with E-state index in [9.17, 15) is 13.2 Å². The number of anilines is 1. The third kappa shape index (κ3) is 4.11. The van der Waals surface area contributed by atoms with Gasteiger partial charge in [0.2, 0.25) is 10.0 Å². The van der Waals surface area contributed by atoms with E-state index in [1.54, 1.807) is 24.5 Å². The number of benzene rings is 1. The Hall–Kier alpha value is -3.08. The van der Waals surface area contributed by atoms with Gasteiger partial charge in [-0.15, -0.1) is 0 Å². The first-order valence-corrected chi connectivity index (χ1v) is 10.8. The third-order valence-corrected chi connectivity index (χ3v) is 6.72. The second-order valence-electron chi connectivity index (χ2n) is 6.74. The first-order valence-electron chi connectivity index (χ1n) is 9.41. The van der Waals surface area contributed by atoms with Gasteiger partial charge in [0.25, 0.3) is 5.91 Å². The number of rotatable bonds is 5. The standard InChI is InChI=1S/C20H21N5O4S/c1-15-21-8-9-25(15)19-7-4-17(14-22-19)23-20(26)16-2-5-18(6-3-16)30(27,28)24-10-12-29-13-11-24/h2-9,14H,10-13H2,1H3,(H,23,26). The van der Waals surface area contributed by atoms with E-state index < -0.39 is 10.0 Å². The normalized spacial score (nSPS) is 15.1. The molecule has 1 aliphatic heterocycles. The zero-order valence-corrected chi connectivity index (χ0v) is 17.2. The Morgan fingerprint density at radius 1 is 1.07 bits per heavy atom. The van der Waals surface area contributed by atoms with Crippen molar-refractivity contribution in [1.29, 1.82) is 0 Å². The van der Waals surface area contributed by atoms with Gasteiger partial charge in [-0.3, -0.25) is 9.36 Å². The Balaban J connectivity index is 1.44. The minimum Gasteiger partial charge on any atom is -0.379 e. The van der Waals surface area contributed by atoms with E-state index in [4.69, 9.17) is 4.74 Å². The van der Waals surface area contributed by atoms with Crippen LogP contribution in [-0.4, -0.2) is 59.5 Å². The SMILES string of the molecule is Cc1nccn1-c1ccc(NC(=O)c2ccc(S(=O)(=O)N3CCOCC3)cc2)cn1. The van der Waals surface area contributed by atoms with Gasteiger partial charge in [-0.1, -0.05) is 0 Å². The summed E-state index contributed by atoms with van der Waals surface area (Å²) in [6, 6.07) is 9.42. The number of amides is 1. The van der Waals surface area contributed by atoms with Crippen molar-refractivity contribution < 1.29 is 17.9 Å². The van der Waals surface area contributed by atoms with Crippen LogP contribution in [0.25, 0.3) is 5.82 Å². The molecule has 0 aliphatic carbocycles. The van der Waals surface area contributed by atoms with Crippen LogP contribution in [0.5, 0.6) is 0 Å². The van der Waals surface area contributed by atoms with Gasteiger partial charge in [0.1, 0.15) is 11.6 Å². The van der Waals surface area contributed by atoms with Crippen LogP contribution in [0, 0.1) is 6.92 Å². The van der Waals surface area contributed by atoms with Gasteiger partial charge in [-0.05, 0) is 43.3 Å². The van der Waals surface area contributed by atoms with Crippen LogP contribution in [0.3, 0.4) is 0 Å². The molecule has 0 unspecified atom stereocenters. The number of imidazole rings is 1. The van der Waals surface area contributed by atoms with Gasteiger partial charge in [0.05, 0.1) is 30.0 Å². The summed E-state index contributed by atoms with van der Waals surface area (Å²) in [6.45, 7) is 3.29. The molecule has 1 N–H and O–H groups in total. The summed E-state index contributed by atoms with van der Waals surface area (Å²) in [4.78, 5) is 21.2. The number of nitrogens with zero attached hydrogens (tertiary/aromatic N) is 4. The topological polar surface area (TPSA) is 106 Å². The predicted octanol–water partition coefficient (Wildman–Crippen LogP) is 1.85. The molecule has 0 bridgehead atoms. The van der Waals surface area contributed by atoms with E-state index in [1.807, 2.05) is 17.7 Å².